The highest BCUT2D eigenvalue weighted by atomic mass is 79.9. The highest BCUT2D eigenvalue weighted by Crippen LogP contribution is 2.39. The zero-order valence-electron chi connectivity index (χ0n) is 12.6. The molecule has 6 heteroatoms. The molecule has 3 nitrogen and oxygen atoms in total. The molecule has 0 amide bonds. The molecule has 2 rings (SSSR count). The minimum absolute atomic E-state index is 0.162. The van der Waals surface area contributed by atoms with E-state index in [9.17, 15) is 8.42 Å². The molecule has 120 valence electrons. The maximum Gasteiger partial charge on any atom is 0.150 e. The topological polar surface area (TPSA) is 46.2 Å². The van der Waals surface area contributed by atoms with E-state index < -0.39 is 9.84 Å². The van der Waals surface area contributed by atoms with Crippen molar-refractivity contribution in [3.05, 3.63) is 20.8 Å². The van der Waals surface area contributed by atoms with Crippen LogP contribution in [0.15, 0.2) is 15.9 Å². The Morgan fingerprint density at radius 1 is 1.43 bits per heavy atom. The van der Waals surface area contributed by atoms with Crippen molar-refractivity contribution in [1.29, 1.82) is 0 Å². The summed E-state index contributed by atoms with van der Waals surface area (Å²) in [4.78, 5) is 1.31. The Labute approximate surface area is 140 Å². The van der Waals surface area contributed by atoms with Crippen molar-refractivity contribution < 1.29 is 8.42 Å². The second kappa shape index (κ2) is 7.57. The lowest BCUT2D eigenvalue weighted by Gasteiger charge is -2.34. The number of hydrogen-bond donors (Lipinski definition) is 1. The predicted octanol–water partition coefficient (Wildman–Crippen LogP) is 4.15. The molecule has 0 saturated heterocycles. The van der Waals surface area contributed by atoms with Gasteiger partial charge < -0.3 is 5.32 Å². The van der Waals surface area contributed by atoms with Gasteiger partial charge in [-0.15, -0.1) is 11.3 Å². The average Bonchev–Trinajstić information content (AvgIpc) is 2.85. The van der Waals surface area contributed by atoms with Gasteiger partial charge in [-0.1, -0.05) is 13.3 Å². The van der Waals surface area contributed by atoms with Crippen LogP contribution >= 0.6 is 27.3 Å². The molecule has 0 aromatic carbocycles. The van der Waals surface area contributed by atoms with E-state index in [4.69, 9.17) is 0 Å². The van der Waals surface area contributed by atoms with Gasteiger partial charge in [0.15, 0.2) is 0 Å². The van der Waals surface area contributed by atoms with Gasteiger partial charge in [-0.3, -0.25) is 0 Å². The summed E-state index contributed by atoms with van der Waals surface area (Å²) in [6.45, 7) is 3.13. The largest absolute Gasteiger partial charge is 0.309 e. The third-order valence-corrected chi connectivity index (χ3v) is 7.60. The van der Waals surface area contributed by atoms with Crippen molar-refractivity contribution >= 4 is 37.1 Å². The Morgan fingerprint density at radius 3 is 2.76 bits per heavy atom. The number of sulfone groups is 1. The molecule has 3 atom stereocenters. The molecule has 21 heavy (non-hydrogen) atoms. The highest BCUT2D eigenvalue weighted by Gasteiger charge is 2.34. The fourth-order valence-electron chi connectivity index (χ4n) is 3.17. The van der Waals surface area contributed by atoms with E-state index in [0.717, 1.165) is 42.4 Å². The van der Waals surface area contributed by atoms with Gasteiger partial charge in [0.1, 0.15) is 9.84 Å². The summed E-state index contributed by atoms with van der Waals surface area (Å²) in [6, 6.07) is 4.52. The minimum atomic E-state index is -2.92. The van der Waals surface area contributed by atoms with Crippen molar-refractivity contribution in [2.75, 3.05) is 12.8 Å². The van der Waals surface area contributed by atoms with Gasteiger partial charge in [0, 0.05) is 17.2 Å². The quantitative estimate of drug-likeness (QED) is 0.788. The summed E-state index contributed by atoms with van der Waals surface area (Å²) < 4.78 is 24.9. The highest BCUT2D eigenvalue weighted by molar-refractivity contribution is 9.11. The molecule has 0 bridgehead atoms. The molecule has 0 radical (unpaired) electrons. The number of rotatable bonds is 6. The van der Waals surface area contributed by atoms with Crippen LogP contribution in [-0.4, -0.2) is 26.5 Å². The molecule has 1 fully saturated rings. The average molecular weight is 394 g/mol. The van der Waals surface area contributed by atoms with Crippen LogP contribution in [0.3, 0.4) is 0 Å². The summed E-state index contributed by atoms with van der Waals surface area (Å²) >= 11 is 5.28. The van der Waals surface area contributed by atoms with Gasteiger partial charge in [-0.25, -0.2) is 8.42 Å². The van der Waals surface area contributed by atoms with E-state index in [2.05, 4.69) is 40.3 Å². The number of thiophene rings is 1. The maximum absolute atomic E-state index is 11.9. The summed E-state index contributed by atoms with van der Waals surface area (Å²) in [5.41, 5.74) is 0. The van der Waals surface area contributed by atoms with Gasteiger partial charge in [0.05, 0.1) is 9.04 Å². The Hall–Kier alpha value is 0.0900. The van der Waals surface area contributed by atoms with Crippen LogP contribution in [0.2, 0.25) is 0 Å². The first kappa shape index (κ1) is 17.4. The molecule has 1 aromatic rings. The molecule has 3 unspecified atom stereocenters. The summed E-state index contributed by atoms with van der Waals surface area (Å²) in [7, 11) is -2.92. The van der Waals surface area contributed by atoms with E-state index in [1.807, 2.05) is 0 Å². The molecule has 1 N–H and O–H groups in total. The van der Waals surface area contributed by atoms with Gasteiger partial charge in [-0.05, 0) is 66.2 Å². The monoisotopic (exact) mass is 393 g/mol. The van der Waals surface area contributed by atoms with Gasteiger partial charge in [0.25, 0.3) is 0 Å². The first-order chi connectivity index (χ1) is 9.91. The zero-order chi connectivity index (χ0) is 15.5. The van der Waals surface area contributed by atoms with Gasteiger partial charge >= 0.3 is 0 Å². The van der Waals surface area contributed by atoms with Crippen LogP contribution in [0.25, 0.3) is 0 Å². The summed E-state index contributed by atoms with van der Waals surface area (Å²) in [5.74, 6) is 0.413. The van der Waals surface area contributed by atoms with E-state index in [1.165, 1.54) is 11.1 Å². The van der Waals surface area contributed by atoms with Crippen LogP contribution in [-0.2, 0) is 9.84 Å². The molecular weight excluding hydrogens is 370 g/mol. The van der Waals surface area contributed by atoms with Crippen LogP contribution in [0.1, 0.15) is 49.9 Å². The first-order valence-electron chi connectivity index (χ1n) is 7.59. The number of nitrogens with one attached hydrogen (secondary N) is 1. The predicted molar refractivity (Wildman–Crippen MR) is 93.6 cm³/mol. The third kappa shape index (κ3) is 4.78. The van der Waals surface area contributed by atoms with Gasteiger partial charge in [0.2, 0.25) is 0 Å². The van der Waals surface area contributed by atoms with E-state index in [-0.39, 0.29) is 11.3 Å². The first-order valence-corrected chi connectivity index (χ1v) is 11.2. The molecule has 1 saturated carbocycles. The van der Waals surface area contributed by atoms with Crippen molar-refractivity contribution in [3.8, 4) is 0 Å². The lowest BCUT2D eigenvalue weighted by molar-refractivity contribution is 0.276. The SMILES string of the molecule is CCCNC(c1ccc(Br)s1)C1CCCC(S(C)(=O)=O)C1. The number of halogens is 1. The zero-order valence-corrected chi connectivity index (χ0v) is 15.9. The maximum atomic E-state index is 11.9. The molecule has 0 aliphatic heterocycles. The van der Waals surface area contributed by atoms with Crippen molar-refractivity contribution in [2.45, 2.75) is 50.3 Å². The fraction of sp³-hybridized carbons (Fsp3) is 0.733. The van der Waals surface area contributed by atoms with Crippen LogP contribution < -0.4 is 5.32 Å². The summed E-state index contributed by atoms with van der Waals surface area (Å²) in [6.07, 6.45) is 6.21. The van der Waals surface area contributed by atoms with Crippen molar-refractivity contribution in [1.82, 2.24) is 5.32 Å². The number of hydrogen-bond acceptors (Lipinski definition) is 4. The van der Waals surface area contributed by atoms with Crippen molar-refractivity contribution in [3.63, 3.8) is 0 Å². The van der Waals surface area contributed by atoms with Gasteiger partial charge in [-0.2, -0.15) is 0 Å². The van der Waals surface area contributed by atoms with E-state index >= 15 is 0 Å². The lowest BCUT2D eigenvalue weighted by Crippen LogP contribution is -2.35. The van der Waals surface area contributed by atoms with Crippen molar-refractivity contribution in [2.24, 2.45) is 5.92 Å². The molecule has 1 aliphatic carbocycles. The molecule has 1 heterocycles. The van der Waals surface area contributed by atoms with Crippen LogP contribution in [0, 0.1) is 5.92 Å². The molecule has 1 aliphatic rings. The molecule has 0 spiro atoms. The Balaban J connectivity index is 2.16. The minimum Gasteiger partial charge on any atom is -0.309 e. The second-order valence-electron chi connectivity index (χ2n) is 5.95. The van der Waals surface area contributed by atoms with Crippen LogP contribution in [0.5, 0.6) is 0 Å². The normalized spacial score (nSPS) is 24.9. The van der Waals surface area contributed by atoms with Crippen LogP contribution in [0.4, 0.5) is 0 Å². The Morgan fingerprint density at radius 2 is 2.19 bits per heavy atom. The lowest BCUT2D eigenvalue weighted by atomic mass is 9.83. The standard InChI is InChI=1S/C15H24BrNO2S2/c1-3-9-17-15(13-7-8-14(16)20-13)11-5-4-6-12(10-11)21(2,18)19/h7-8,11-12,15,17H,3-6,9-10H2,1-2H3. The second-order valence-corrected chi connectivity index (χ2v) is 10.8. The summed E-state index contributed by atoms with van der Waals surface area (Å²) in [5, 5.41) is 3.47. The Kier molecular flexibility index (Phi) is 6.29. The third-order valence-electron chi connectivity index (χ3n) is 4.26. The molecular formula is C15H24BrNO2S2. The van der Waals surface area contributed by atoms with E-state index in [0.29, 0.717) is 5.92 Å². The smallest absolute Gasteiger partial charge is 0.150 e. The van der Waals surface area contributed by atoms with E-state index in [1.54, 1.807) is 11.3 Å². The Bertz CT molecular complexity index is 556. The fourth-order valence-corrected chi connectivity index (χ4v) is 5.95. The molecule has 1 aromatic heterocycles.